The van der Waals surface area contributed by atoms with Gasteiger partial charge >= 0.3 is 0 Å². The predicted molar refractivity (Wildman–Crippen MR) is 57.0 cm³/mol. The number of carbonyl (C=O) groups is 1. The number of nitrogens with zero attached hydrogens (tertiary/aromatic N) is 1. The van der Waals surface area contributed by atoms with Crippen molar-refractivity contribution in [2.45, 2.75) is 20.0 Å². The number of hydrogen-bond donors (Lipinski definition) is 2. The van der Waals surface area contributed by atoms with E-state index in [4.69, 9.17) is 21.5 Å². The number of aliphatic hydroxyl groups excluding tert-OH is 1. The van der Waals surface area contributed by atoms with Crippen molar-refractivity contribution in [3.8, 4) is 0 Å². The molecule has 0 radical (unpaired) electrons. The van der Waals surface area contributed by atoms with Crippen LogP contribution in [-0.4, -0.2) is 28.7 Å². The van der Waals surface area contributed by atoms with Gasteiger partial charge in [-0.15, -0.1) is 11.3 Å². The Hall–Kier alpha value is -0.690. The highest BCUT2D eigenvalue weighted by Crippen LogP contribution is 2.21. The standard InChI is InChI=1S/C8H11ClN2O3S/c1-4(12)3-14-11-8(13)6-7(9)10-5(2)15-6/h4,12H,3H2,1-2H3,(H,11,13). The third-order valence-corrected chi connectivity index (χ3v) is 2.74. The zero-order chi connectivity index (χ0) is 11.4. The molecule has 5 nitrogen and oxygen atoms in total. The summed E-state index contributed by atoms with van der Waals surface area (Å²) in [5.74, 6) is -0.453. The number of carbonyl (C=O) groups excluding carboxylic acids is 1. The lowest BCUT2D eigenvalue weighted by Crippen LogP contribution is -2.26. The lowest BCUT2D eigenvalue weighted by Gasteiger charge is -2.05. The Morgan fingerprint density at radius 2 is 2.47 bits per heavy atom. The molecule has 1 atom stereocenters. The van der Waals surface area contributed by atoms with Crippen molar-refractivity contribution in [3.63, 3.8) is 0 Å². The average Bonchev–Trinajstić information content (AvgIpc) is 2.44. The van der Waals surface area contributed by atoms with Gasteiger partial charge in [-0.3, -0.25) is 9.63 Å². The number of nitrogens with one attached hydrogen (secondary N) is 1. The van der Waals surface area contributed by atoms with Gasteiger partial charge in [-0.1, -0.05) is 11.6 Å². The first-order valence-corrected chi connectivity index (χ1v) is 5.43. The minimum Gasteiger partial charge on any atom is -0.391 e. The highest BCUT2D eigenvalue weighted by molar-refractivity contribution is 7.14. The maximum absolute atomic E-state index is 11.4. The number of hydrogen-bond acceptors (Lipinski definition) is 5. The first kappa shape index (κ1) is 12.4. The van der Waals surface area contributed by atoms with E-state index in [1.54, 1.807) is 13.8 Å². The largest absolute Gasteiger partial charge is 0.391 e. The molecule has 0 bridgehead atoms. The van der Waals surface area contributed by atoms with Crippen molar-refractivity contribution in [2.75, 3.05) is 6.61 Å². The second kappa shape index (κ2) is 5.41. The predicted octanol–water partition coefficient (Wildman–Crippen LogP) is 1.15. The van der Waals surface area contributed by atoms with Gasteiger partial charge in [0, 0.05) is 0 Å². The average molecular weight is 251 g/mol. The summed E-state index contributed by atoms with van der Waals surface area (Å²) in [5, 5.41) is 9.75. The summed E-state index contributed by atoms with van der Waals surface area (Å²) in [7, 11) is 0. The zero-order valence-electron chi connectivity index (χ0n) is 8.28. The second-order valence-electron chi connectivity index (χ2n) is 2.94. The lowest BCUT2D eigenvalue weighted by molar-refractivity contribution is -0.00665. The van der Waals surface area contributed by atoms with Crippen LogP contribution in [0.5, 0.6) is 0 Å². The summed E-state index contributed by atoms with van der Waals surface area (Å²) < 4.78 is 0. The Balaban J connectivity index is 2.50. The normalized spacial score (nSPS) is 12.5. The molecule has 15 heavy (non-hydrogen) atoms. The van der Waals surface area contributed by atoms with E-state index in [9.17, 15) is 4.79 Å². The first-order valence-electron chi connectivity index (χ1n) is 4.24. The van der Waals surface area contributed by atoms with Crippen LogP contribution >= 0.6 is 22.9 Å². The topological polar surface area (TPSA) is 71.5 Å². The summed E-state index contributed by atoms with van der Waals surface area (Å²) in [6.07, 6.45) is -0.635. The molecule has 1 rings (SSSR count). The number of halogens is 1. The highest BCUT2D eigenvalue weighted by Gasteiger charge is 2.15. The van der Waals surface area contributed by atoms with Crippen molar-refractivity contribution in [1.29, 1.82) is 0 Å². The number of aromatic nitrogens is 1. The zero-order valence-corrected chi connectivity index (χ0v) is 9.85. The molecule has 1 aromatic rings. The Labute approximate surface area is 96.0 Å². The van der Waals surface area contributed by atoms with E-state index in [0.717, 1.165) is 0 Å². The maximum atomic E-state index is 11.4. The van der Waals surface area contributed by atoms with Crippen LogP contribution in [0.3, 0.4) is 0 Å². The van der Waals surface area contributed by atoms with Crippen molar-refractivity contribution >= 4 is 28.8 Å². The SMILES string of the molecule is Cc1nc(Cl)c(C(=O)NOCC(C)O)s1. The molecule has 84 valence electrons. The summed E-state index contributed by atoms with van der Waals surface area (Å²) in [6.45, 7) is 3.33. The van der Waals surface area contributed by atoms with Gasteiger partial charge in [-0.05, 0) is 13.8 Å². The summed E-state index contributed by atoms with van der Waals surface area (Å²) in [6, 6.07) is 0. The van der Waals surface area contributed by atoms with Gasteiger partial charge in [-0.25, -0.2) is 10.5 Å². The second-order valence-corrected chi connectivity index (χ2v) is 4.51. The molecule has 0 aromatic carbocycles. The molecular formula is C8H11ClN2O3S. The quantitative estimate of drug-likeness (QED) is 0.787. The number of aryl methyl sites for hydroxylation is 1. The highest BCUT2D eigenvalue weighted by atomic mass is 35.5. The van der Waals surface area contributed by atoms with Gasteiger partial charge in [0.15, 0.2) is 5.15 Å². The first-order chi connectivity index (χ1) is 7.00. The molecular weight excluding hydrogens is 240 g/mol. The van der Waals surface area contributed by atoms with Crippen LogP contribution < -0.4 is 5.48 Å². The fourth-order valence-electron chi connectivity index (χ4n) is 0.816. The van der Waals surface area contributed by atoms with Gasteiger partial charge in [-0.2, -0.15) is 0 Å². The number of rotatable bonds is 4. The van der Waals surface area contributed by atoms with E-state index in [-0.39, 0.29) is 11.8 Å². The van der Waals surface area contributed by atoms with E-state index in [1.165, 1.54) is 11.3 Å². The third kappa shape index (κ3) is 3.75. The van der Waals surface area contributed by atoms with Crippen LogP contribution in [0.25, 0.3) is 0 Å². The van der Waals surface area contributed by atoms with E-state index in [0.29, 0.717) is 9.88 Å². The molecule has 0 aliphatic rings. The maximum Gasteiger partial charge on any atom is 0.288 e. The summed E-state index contributed by atoms with van der Waals surface area (Å²) >= 11 is 6.90. The van der Waals surface area contributed by atoms with Crippen molar-refractivity contribution in [1.82, 2.24) is 10.5 Å². The molecule has 0 aliphatic carbocycles. The van der Waals surface area contributed by atoms with Crippen LogP contribution in [0.4, 0.5) is 0 Å². The fourth-order valence-corrected chi connectivity index (χ4v) is 1.89. The van der Waals surface area contributed by atoms with E-state index in [2.05, 4.69) is 10.5 Å². The molecule has 2 N–H and O–H groups in total. The Kier molecular flexibility index (Phi) is 4.46. The van der Waals surface area contributed by atoms with Crippen molar-refractivity contribution in [3.05, 3.63) is 15.0 Å². The monoisotopic (exact) mass is 250 g/mol. The number of hydroxylamine groups is 1. The lowest BCUT2D eigenvalue weighted by atomic mass is 10.5. The van der Waals surface area contributed by atoms with E-state index in [1.807, 2.05) is 0 Å². The van der Waals surface area contributed by atoms with Crippen LogP contribution in [0, 0.1) is 6.92 Å². The molecule has 0 spiro atoms. The summed E-state index contributed by atoms with van der Waals surface area (Å²) in [5.41, 5.74) is 2.17. The molecule has 1 amide bonds. The Bertz CT molecular complexity index is 354. The van der Waals surface area contributed by atoms with Crippen LogP contribution in [0.1, 0.15) is 21.6 Å². The van der Waals surface area contributed by atoms with Gasteiger partial charge in [0.2, 0.25) is 0 Å². The van der Waals surface area contributed by atoms with Crippen LogP contribution in [0.2, 0.25) is 5.15 Å². The Morgan fingerprint density at radius 3 is 2.93 bits per heavy atom. The molecule has 0 fully saturated rings. The smallest absolute Gasteiger partial charge is 0.288 e. The van der Waals surface area contributed by atoms with Gasteiger partial charge in [0.25, 0.3) is 5.91 Å². The molecule has 0 aliphatic heterocycles. The molecule has 1 unspecified atom stereocenters. The van der Waals surface area contributed by atoms with E-state index >= 15 is 0 Å². The van der Waals surface area contributed by atoms with Crippen molar-refractivity contribution < 1.29 is 14.7 Å². The molecule has 0 saturated heterocycles. The van der Waals surface area contributed by atoms with E-state index < -0.39 is 12.0 Å². The minimum atomic E-state index is -0.635. The minimum absolute atomic E-state index is 0.0289. The molecule has 1 heterocycles. The van der Waals surface area contributed by atoms with Crippen LogP contribution in [-0.2, 0) is 4.84 Å². The summed E-state index contributed by atoms with van der Waals surface area (Å²) in [4.78, 5) is 20.4. The Morgan fingerprint density at radius 1 is 1.80 bits per heavy atom. The van der Waals surface area contributed by atoms with Gasteiger partial charge < -0.3 is 5.11 Å². The van der Waals surface area contributed by atoms with Crippen molar-refractivity contribution in [2.24, 2.45) is 0 Å². The molecule has 1 aromatic heterocycles. The van der Waals surface area contributed by atoms with Gasteiger partial charge in [0.05, 0.1) is 11.1 Å². The number of aliphatic hydroxyl groups is 1. The number of thiazole rings is 1. The van der Waals surface area contributed by atoms with Gasteiger partial charge in [0.1, 0.15) is 11.5 Å². The van der Waals surface area contributed by atoms with Crippen LogP contribution in [0.15, 0.2) is 0 Å². The third-order valence-electron chi connectivity index (χ3n) is 1.39. The fraction of sp³-hybridized carbons (Fsp3) is 0.500. The molecule has 0 saturated carbocycles. The number of amides is 1. The molecule has 7 heteroatoms.